The number of ether oxygens (including phenoxy) is 2. The molecule has 28 heavy (non-hydrogen) atoms. The first-order valence-corrected chi connectivity index (χ1v) is 11.8. The summed E-state index contributed by atoms with van der Waals surface area (Å²) in [5.41, 5.74) is 0. The quantitative estimate of drug-likeness (QED) is 0.153. The molecule has 1 aliphatic heterocycles. The van der Waals surface area contributed by atoms with Gasteiger partial charge in [-0.1, -0.05) is 77.6 Å². The maximum Gasteiger partial charge on any atom is 1.00 e. The van der Waals surface area contributed by atoms with Crippen molar-refractivity contribution in [2.45, 2.75) is 102 Å². The summed E-state index contributed by atoms with van der Waals surface area (Å²) in [7, 11) is -4.84. The third-order valence-corrected chi connectivity index (χ3v) is 5.39. The van der Waals surface area contributed by atoms with E-state index in [9.17, 15) is 18.1 Å². The first-order chi connectivity index (χ1) is 12.9. The molecule has 0 aromatic carbocycles. The normalized spacial score (nSPS) is 22.3. The van der Waals surface area contributed by atoms with Gasteiger partial charge in [0.05, 0.1) is 13.2 Å². The van der Waals surface area contributed by atoms with E-state index < -0.39 is 28.7 Å². The molecule has 0 aromatic heterocycles. The van der Waals surface area contributed by atoms with Gasteiger partial charge in [0.1, 0.15) is 18.3 Å². The number of rotatable bonds is 17. The molecule has 7 nitrogen and oxygen atoms in total. The van der Waals surface area contributed by atoms with E-state index >= 15 is 0 Å². The zero-order valence-electron chi connectivity index (χ0n) is 17.6. The van der Waals surface area contributed by atoms with Crippen molar-refractivity contribution in [3.05, 3.63) is 0 Å². The van der Waals surface area contributed by atoms with Crippen molar-refractivity contribution in [2.24, 2.45) is 0 Å². The van der Waals surface area contributed by atoms with Crippen LogP contribution in [0.4, 0.5) is 0 Å². The number of aliphatic hydroxyl groups is 1. The molecular formula is C19H37NaO7S. The zero-order valence-corrected chi connectivity index (χ0v) is 20.5. The maximum atomic E-state index is 10.6. The second-order valence-electron chi connectivity index (χ2n) is 7.37. The Kier molecular flexibility index (Phi) is 17.9. The first-order valence-electron chi connectivity index (χ1n) is 10.5. The van der Waals surface area contributed by atoms with Gasteiger partial charge in [-0.3, -0.25) is 4.18 Å². The molecule has 1 rings (SSSR count). The molecule has 9 heteroatoms. The Hall–Kier alpha value is 0.750. The zero-order chi connectivity index (χ0) is 20.0. The standard InChI is InChI=1S/C19H38O7S.Na/c1-2-3-4-5-6-7-8-9-10-11-12-13-14-24-15-17-19(20)18(16-25-17)26-27(21,22)23;/h17-20H,2-16H2,1H3,(H,21,22,23);/q;+1/p-1. The summed E-state index contributed by atoms with van der Waals surface area (Å²) < 4.78 is 46.7. The van der Waals surface area contributed by atoms with Crippen molar-refractivity contribution < 1.29 is 61.3 Å². The SMILES string of the molecule is CCCCCCCCCCCCCCOCC1OCC(OS(=O)(=O)[O-])C1O.[Na+]. The summed E-state index contributed by atoms with van der Waals surface area (Å²) in [5, 5.41) is 9.88. The molecule has 3 atom stereocenters. The van der Waals surface area contributed by atoms with Crippen LogP contribution in [0.5, 0.6) is 0 Å². The van der Waals surface area contributed by atoms with Gasteiger partial charge in [-0.15, -0.1) is 0 Å². The van der Waals surface area contributed by atoms with Crippen LogP contribution in [0.3, 0.4) is 0 Å². The molecular weight excluding hydrogens is 395 g/mol. The molecule has 0 saturated carbocycles. The molecule has 0 aromatic rings. The third-order valence-electron chi connectivity index (χ3n) is 4.90. The van der Waals surface area contributed by atoms with Crippen molar-refractivity contribution in [2.75, 3.05) is 19.8 Å². The largest absolute Gasteiger partial charge is 1.00 e. The van der Waals surface area contributed by atoms with Crippen molar-refractivity contribution in [3.63, 3.8) is 0 Å². The van der Waals surface area contributed by atoms with E-state index in [0.29, 0.717) is 6.61 Å². The van der Waals surface area contributed by atoms with Gasteiger partial charge in [-0.05, 0) is 6.42 Å². The maximum absolute atomic E-state index is 10.6. The summed E-state index contributed by atoms with van der Waals surface area (Å²) >= 11 is 0. The van der Waals surface area contributed by atoms with Crippen LogP contribution in [-0.2, 0) is 24.1 Å². The number of unbranched alkanes of at least 4 members (excludes halogenated alkanes) is 11. The molecule has 1 heterocycles. The Morgan fingerprint density at radius 3 is 1.96 bits per heavy atom. The van der Waals surface area contributed by atoms with Crippen LogP contribution in [0.25, 0.3) is 0 Å². The average molecular weight is 433 g/mol. The van der Waals surface area contributed by atoms with Gasteiger partial charge in [0.25, 0.3) is 0 Å². The molecule has 1 aliphatic rings. The molecule has 1 saturated heterocycles. The van der Waals surface area contributed by atoms with Crippen molar-refractivity contribution in [1.82, 2.24) is 0 Å². The summed E-state index contributed by atoms with van der Waals surface area (Å²) in [4.78, 5) is 0. The second kappa shape index (κ2) is 17.4. The fourth-order valence-corrected chi connectivity index (χ4v) is 3.75. The van der Waals surface area contributed by atoms with Crippen LogP contribution >= 0.6 is 0 Å². The van der Waals surface area contributed by atoms with E-state index in [2.05, 4.69) is 11.1 Å². The fraction of sp³-hybridized carbons (Fsp3) is 1.00. The number of hydrogen-bond donors (Lipinski definition) is 1. The van der Waals surface area contributed by atoms with Crippen LogP contribution in [0.1, 0.15) is 84.0 Å². The smallest absolute Gasteiger partial charge is 0.726 e. The summed E-state index contributed by atoms with van der Waals surface area (Å²) in [6, 6.07) is 0. The molecule has 0 spiro atoms. The Morgan fingerprint density at radius 2 is 1.46 bits per heavy atom. The summed E-state index contributed by atoms with van der Waals surface area (Å²) in [5.74, 6) is 0. The molecule has 0 amide bonds. The van der Waals surface area contributed by atoms with Crippen molar-refractivity contribution in [1.29, 1.82) is 0 Å². The van der Waals surface area contributed by atoms with Crippen molar-refractivity contribution >= 4 is 10.4 Å². The Bertz CT molecular complexity index is 461. The van der Waals surface area contributed by atoms with Gasteiger partial charge >= 0.3 is 29.6 Å². The fourth-order valence-electron chi connectivity index (χ4n) is 3.28. The molecule has 162 valence electrons. The van der Waals surface area contributed by atoms with Crippen molar-refractivity contribution in [3.8, 4) is 0 Å². The van der Waals surface area contributed by atoms with E-state index in [0.717, 1.165) is 12.8 Å². The predicted molar refractivity (Wildman–Crippen MR) is 102 cm³/mol. The van der Waals surface area contributed by atoms with Crippen LogP contribution in [-0.4, -0.2) is 56.2 Å². The van der Waals surface area contributed by atoms with E-state index in [1.54, 1.807) is 0 Å². The van der Waals surface area contributed by atoms with E-state index in [1.807, 2.05) is 0 Å². The molecule has 0 radical (unpaired) electrons. The van der Waals surface area contributed by atoms with E-state index in [4.69, 9.17) is 9.47 Å². The summed E-state index contributed by atoms with van der Waals surface area (Å²) in [6.07, 6.45) is 12.4. The Labute approximate surface area is 193 Å². The minimum absolute atomic E-state index is 0. The first kappa shape index (κ1) is 28.8. The van der Waals surface area contributed by atoms with Crippen LogP contribution in [0.15, 0.2) is 0 Å². The van der Waals surface area contributed by atoms with Crippen LogP contribution < -0.4 is 29.6 Å². The van der Waals surface area contributed by atoms with Crippen LogP contribution in [0, 0.1) is 0 Å². The van der Waals surface area contributed by atoms with E-state index in [1.165, 1.54) is 64.2 Å². The minimum atomic E-state index is -4.84. The molecule has 1 fully saturated rings. The van der Waals surface area contributed by atoms with Gasteiger partial charge in [0.15, 0.2) is 0 Å². The Balaban J connectivity index is 0.00000729. The summed E-state index contributed by atoms with van der Waals surface area (Å²) in [6.45, 7) is 2.86. The number of aliphatic hydroxyl groups excluding tert-OH is 1. The number of hydrogen-bond acceptors (Lipinski definition) is 7. The molecule has 1 N–H and O–H groups in total. The van der Waals surface area contributed by atoms with Gasteiger partial charge in [0.2, 0.25) is 10.4 Å². The minimum Gasteiger partial charge on any atom is -0.726 e. The van der Waals surface area contributed by atoms with E-state index in [-0.39, 0.29) is 42.8 Å². The topological polar surface area (TPSA) is 105 Å². The van der Waals surface area contributed by atoms with Crippen LogP contribution in [0.2, 0.25) is 0 Å². The van der Waals surface area contributed by atoms with Gasteiger partial charge < -0.3 is 19.1 Å². The average Bonchev–Trinajstić information content (AvgIpc) is 2.94. The predicted octanol–water partition coefficient (Wildman–Crippen LogP) is 0.313. The monoisotopic (exact) mass is 432 g/mol. The second-order valence-corrected chi connectivity index (χ2v) is 8.38. The van der Waals surface area contributed by atoms with Gasteiger partial charge in [-0.2, -0.15) is 0 Å². The van der Waals surface area contributed by atoms with Gasteiger partial charge in [-0.25, -0.2) is 8.42 Å². The van der Waals surface area contributed by atoms with Gasteiger partial charge in [0, 0.05) is 6.61 Å². The Morgan fingerprint density at radius 1 is 0.964 bits per heavy atom. The molecule has 3 unspecified atom stereocenters. The molecule has 0 aliphatic carbocycles. The molecule has 0 bridgehead atoms. The third kappa shape index (κ3) is 14.7.